The van der Waals surface area contributed by atoms with Crippen molar-refractivity contribution in [3.63, 3.8) is 0 Å². The summed E-state index contributed by atoms with van der Waals surface area (Å²) in [5.41, 5.74) is 6.49. The summed E-state index contributed by atoms with van der Waals surface area (Å²) < 4.78 is 27.9. The lowest BCUT2D eigenvalue weighted by Crippen LogP contribution is -2.39. The molecule has 6 heteroatoms. The quantitative estimate of drug-likeness (QED) is 0.824. The highest BCUT2D eigenvalue weighted by Gasteiger charge is 2.20. The van der Waals surface area contributed by atoms with E-state index in [9.17, 15) is 8.42 Å². The maximum absolute atomic E-state index is 12.6. The standard InChI is InChI=1S/C15H21N3O2S/c1-11(10-18(2)3)17-21(19,20)15-9-8-14(16)12-6-4-5-7-13(12)15/h4-9,11,17H,10,16H2,1-3H3. The maximum Gasteiger partial charge on any atom is 0.241 e. The molecule has 0 aromatic heterocycles. The number of hydrogen-bond acceptors (Lipinski definition) is 4. The molecular weight excluding hydrogens is 286 g/mol. The van der Waals surface area contributed by atoms with Gasteiger partial charge in [-0.15, -0.1) is 0 Å². The Labute approximate surface area is 125 Å². The minimum atomic E-state index is -3.58. The molecule has 0 saturated carbocycles. The summed E-state index contributed by atoms with van der Waals surface area (Å²) in [6.07, 6.45) is 0. The van der Waals surface area contributed by atoms with E-state index in [1.54, 1.807) is 18.2 Å². The maximum atomic E-state index is 12.6. The van der Waals surface area contributed by atoms with E-state index in [1.807, 2.05) is 44.1 Å². The second-order valence-electron chi connectivity index (χ2n) is 5.48. The van der Waals surface area contributed by atoms with E-state index in [0.29, 0.717) is 17.6 Å². The Bertz CT molecular complexity index is 742. The predicted molar refractivity (Wildman–Crippen MR) is 86.7 cm³/mol. The first-order valence-corrected chi connectivity index (χ1v) is 8.24. The topological polar surface area (TPSA) is 75.4 Å². The Hall–Kier alpha value is -1.63. The second-order valence-corrected chi connectivity index (χ2v) is 7.17. The van der Waals surface area contributed by atoms with Crippen LogP contribution in [0, 0.1) is 0 Å². The van der Waals surface area contributed by atoms with E-state index in [2.05, 4.69) is 4.72 Å². The number of nitrogens with two attached hydrogens (primary N) is 1. The SMILES string of the molecule is CC(CN(C)C)NS(=O)(=O)c1ccc(N)c2ccccc12. The molecule has 0 saturated heterocycles. The zero-order valence-electron chi connectivity index (χ0n) is 12.5. The van der Waals surface area contributed by atoms with Gasteiger partial charge in [0.05, 0.1) is 4.90 Å². The number of fused-ring (bicyclic) bond motifs is 1. The van der Waals surface area contributed by atoms with Gasteiger partial charge in [0.15, 0.2) is 0 Å². The van der Waals surface area contributed by atoms with Crippen molar-refractivity contribution in [3.05, 3.63) is 36.4 Å². The van der Waals surface area contributed by atoms with Crippen LogP contribution in [0.2, 0.25) is 0 Å². The first-order valence-electron chi connectivity index (χ1n) is 6.75. The number of likely N-dealkylation sites (N-methyl/N-ethyl adjacent to an activating group) is 1. The Kier molecular flexibility index (Phi) is 4.51. The van der Waals surface area contributed by atoms with Gasteiger partial charge in [0.2, 0.25) is 10.0 Å². The lowest BCUT2D eigenvalue weighted by Gasteiger charge is -2.19. The van der Waals surface area contributed by atoms with Crippen molar-refractivity contribution < 1.29 is 8.42 Å². The Morgan fingerprint density at radius 1 is 1.14 bits per heavy atom. The third-order valence-electron chi connectivity index (χ3n) is 3.20. The molecule has 0 amide bonds. The number of sulfonamides is 1. The molecule has 0 aliphatic carbocycles. The summed E-state index contributed by atoms with van der Waals surface area (Å²) in [6, 6.07) is 10.3. The Morgan fingerprint density at radius 3 is 2.38 bits per heavy atom. The molecule has 21 heavy (non-hydrogen) atoms. The van der Waals surface area contributed by atoms with Gasteiger partial charge in [-0.1, -0.05) is 24.3 Å². The van der Waals surface area contributed by atoms with E-state index in [0.717, 1.165) is 5.39 Å². The summed E-state index contributed by atoms with van der Waals surface area (Å²) >= 11 is 0. The van der Waals surface area contributed by atoms with Crippen LogP contribution in [0.15, 0.2) is 41.3 Å². The van der Waals surface area contributed by atoms with Crippen molar-refractivity contribution in [3.8, 4) is 0 Å². The van der Waals surface area contributed by atoms with E-state index in [-0.39, 0.29) is 10.9 Å². The van der Waals surface area contributed by atoms with Crippen LogP contribution < -0.4 is 10.5 Å². The molecule has 114 valence electrons. The first kappa shape index (κ1) is 15.8. The average molecular weight is 307 g/mol. The number of benzene rings is 2. The molecule has 0 fully saturated rings. The number of nitrogens with one attached hydrogen (secondary N) is 1. The van der Waals surface area contributed by atoms with E-state index in [4.69, 9.17) is 5.73 Å². The summed E-state index contributed by atoms with van der Waals surface area (Å²) in [5, 5.41) is 1.39. The molecule has 5 nitrogen and oxygen atoms in total. The van der Waals surface area contributed by atoms with Crippen molar-refractivity contribution in [2.75, 3.05) is 26.4 Å². The van der Waals surface area contributed by atoms with Gasteiger partial charge in [-0.05, 0) is 33.2 Å². The molecule has 2 aromatic carbocycles. The highest BCUT2D eigenvalue weighted by atomic mass is 32.2. The molecule has 0 heterocycles. The zero-order chi connectivity index (χ0) is 15.6. The summed E-state index contributed by atoms with van der Waals surface area (Å²) in [4.78, 5) is 2.20. The lowest BCUT2D eigenvalue weighted by molar-refractivity contribution is 0.370. The van der Waals surface area contributed by atoms with Gasteiger partial charge in [-0.2, -0.15) is 0 Å². The second kappa shape index (κ2) is 6.01. The van der Waals surface area contributed by atoms with Crippen LogP contribution in [0.25, 0.3) is 10.8 Å². The average Bonchev–Trinajstić information content (AvgIpc) is 2.37. The number of rotatable bonds is 5. The monoisotopic (exact) mass is 307 g/mol. The van der Waals surface area contributed by atoms with Crippen molar-refractivity contribution in [2.45, 2.75) is 17.9 Å². The van der Waals surface area contributed by atoms with Crippen LogP contribution in [0.3, 0.4) is 0 Å². The molecule has 0 radical (unpaired) electrons. The van der Waals surface area contributed by atoms with Gasteiger partial charge in [0.25, 0.3) is 0 Å². The smallest absolute Gasteiger partial charge is 0.241 e. The van der Waals surface area contributed by atoms with E-state index < -0.39 is 10.0 Å². The fourth-order valence-corrected chi connectivity index (χ4v) is 3.89. The summed E-state index contributed by atoms with van der Waals surface area (Å²) in [5.74, 6) is 0. The summed E-state index contributed by atoms with van der Waals surface area (Å²) in [6.45, 7) is 2.48. The summed E-state index contributed by atoms with van der Waals surface area (Å²) in [7, 11) is 0.232. The van der Waals surface area contributed by atoms with Crippen LogP contribution in [0.4, 0.5) is 5.69 Å². The van der Waals surface area contributed by atoms with Crippen molar-refractivity contribution in [2.24, 2.45) is 0 Å². The number of hydrogen-bond donors (Lipinski definition) is 2. The lowest BCUT2D eigenvalue weighted by atomic mass is 10.1. The van der Waals surface area contributed by atoms with Crippen LogP contribution in [-0.4, -0.2) is 40.0 Å². The largest absolute Gasteiger partial charge is 0.398 e. The Morgan fingerprint density at radius 2 is 1.76 bits per heavy atom. The molecule has 0 spiro atoms. The number of nitrogens with zero attached hydrogens (tertiary/aromatic N) is 1. The molecule has 2 aromatic rings. The molecule has 0 aliphatic heterocycles. The predicted octanol–water partition coefficient (Wildman–Crippen LogP) is 1.65. The third kappa shape index (κ3) is 3.53. The molecule has 2 rings (SSSR count). The van der Waals surface area contributed by atoms with Crippen molar-refractivity contribution in [1.29, 1.82) is 0 Å². The van der Waals surface area contributed by atoms with E-state index in [1.165, 1.54) is 0 Å². The van der Waals surface area contributed by atoms with Gasteiger partial charge >= 0.3 is 0 Å². The molecule has 0 bridgehead atoms. The molecule has 3 N–H and O–H groups in total. The van der Waals surface area contributed by atoms with Crippen LogP contribution in [0.5, 0.6) is 0 Å². The van der Waals surface area contributed by atoms with Gasteiger partial charge < -0.3 is 10.6 Å². The fraction of sp³-hybridized carbons (Fsp3) is 0.333. The van der Waals surface area contributed by atoms with Crippen LogP contribution in [0.1, 0.15) is 6.92 Å². The van der Waals surface area contributed by atoms with Crippen LogP contribution in [-0.2, 0) is 10.0 Å². The third-order valence-corrected chi connectivity index (χ3v) is 4.85. The van der Waals surface area contributed by atoms with Gasteiger partial charge in [-0.25, -0.2) is 13.1 Å². The highest BCUT2D eigenvalue weighted by molar-refractivity contribution is 7.89. The van der Waals surface area contributed by atoms with Gasteiger partial charge in [0.1, 0.15) is 0 Å². The van der Waals surface area contributed by atoms with Crippen molar-refractivity contribution >= 4 is 26.5 Å². The van der Waals surface area contributed by atoms with Gasteiger partial charge in [0, 0.05) is 29.0 Å². The highest BCUT2D eigenvalue weighted by Crippen LogP contribution is 2.27. The van der Waals surface area contributed by atoms with Crippen LogP contribution >= 0.6 is 0 Å². The van der Waals surface area contributed by atoms with E-state index >= 15 is 0 Å². The molecular formula is C15H21N3O2S. The fourth-order valence-electron chi connectivity index (χ4n) is 2.44. The molecule has 1 unspecified atom stereocenters. The zero-order valence-corrected chi connectivity index (χ0v) is 13.3. The number of anilines is 1. The van der Waals surface area contributed by atoms with Crippen molar-refractivity contribution in [1.82, 2.24) is 9.62 Å². The normalized spacial score (nSPS) is 13.7. The first-order chi connectivity index (χ1) is 9.81. The Balaban J connectivity index is 2.44. The minimum absolute atomic E-state index is 0.179. The minimum Gasteiger partial charge on any atom is -0.398 e. The molecule has 1 atom stereocenters. The molecule has 0 aliphatic rings. The number of nitrogen functional groups attached to an aromatic ring is 1. The van der Waals surface area contributed by atoms with Gasteiger partial charge in [-0.3, -0.25) is 0 Å².